The van der Waals surface area contributed by atoms with E-state index in [1.54, 1.807) is 19.4 Å². The van der Waals surface area contributed by atoms with E-state index in [1.165, 1.54) is 12.1 Å². The first kappa shape index (κ1) is 16.3. The number of phenolic OH excluding ortho intramolecular Hbond substituents is 1. The third kappa shape index (κ3) is 2.65. The van der Waals surface area contributed by atoms with Crippen LogP contribution in [0.1, 0.15) is 38.8 Å². The molecule has 0 aliphatic heterocycles. The summed E-state index contributed by atoms with van der Waals surface area (Å²) < 4.78 is 18.8. The largest absolute Gasteiger partial charge is 0.505 e. The van der Waals surface area contributed by atoms with Crippen molar-refractivity contribution >= 4 is 0 Å². The number of aromatic hydroxyl groups is 1. The summed E-state index contributed by atoms with van der Waals surface area (Å²) in [6, 6.07) is 8.36. The average Bonchev–Trinajstić information content (AvgIpc) is 2.49. The lowest BCUT2D eigenvalue weighted by atomic mass is 9.61. The highest BCUT2D eigenvalue weighted by atomic mass is 19.1. The molecule has 118 valence electrons. The molecule has 0 aliphatic rings. The van der Waals surface area contributed by atoms with Crippen molar-refractivity contribution in [2.45, 2.75) is 38.5 Å². The molecule has 0 unspecified atom stereocenters. The Morgan fingerprint density at radius 2 is 1.59 bits per heavy atom. The van der Waals surface area contributed by atoms with Gasteiger partial charge in [-0.15, -0.1) is 0 Å². The van der Waals surface area contributed by atoms with Crippen molar-refractivity contribution in [2.75, 3.05) is 7.11 Å². The van der Waals surface area contributed by atoms with Crippen molar-refractivity contribution in [3.63, 3.8) is 0 Å². The summed E-state index contributed by atoms with van der Waals surface area (Å²) in [5, 5.41) is 9.39. The molecule has 1 heterocycles. The molecule has 4 heteroatoms. The average molecular weight is 303 g/mol. The monoisotopic (exact) mass is 303 g/mol. The van der Waals surface area contributed by atoms with E-state index >= 15 is 0 Å². The first-order chi connectivity index (χ1) is 10.2. The van der Waals surface area contributed by atoms with Crippen LogP contribution in [0.15, 0.2) is 36.5 Å². The van der Waals surface area contributed by atoms with Crippen LogP contribution >= 0.6 is 0 Å². The van der Waals surface area contributed by atoms with Gasteiger partial charge < -0.3 is 9.84 Å². The topological polar surface area (TPSA) is 42.4 Å². The molecule has 2 aromatic rings. The number of ether oxygens (including phenoxy) is 1. The van der Waals surface area contributed by atoms with E-state index in [2.05, 4.69) is 32.7 Å². The minimum Gasteiger partial charge on any atom is -0.505 e. The normalized spacial score (nSPS) is 12.3. The van der Waals surface area contributed by atoms with E-state index in [0.717, 1.165) is 11.1 Å². The van der Waals surface area contributed by atoms with Gasteiger partial charge in [-0.1, -0.05) is 39.8 Å². The van der Waals surface area contributed by atoms with Gasteiger partial charge in [0.15, 0.2) is 11.6 Å². The third-order valence-corrected chi connectivity index (χ3v) is 4.90. The Kier molecular flexibility index (Phi) is 4.14. The Labute approximate surface area is 130 Å². The summed E-state index contributed by atoms with van der Waals surface area (Å²) >= 11 is 0. The summed E-state index contributed by atoms with van der Waals surface area (Å²) in [6.45, 7) is 8.31. The molecule has 1 aromatic heterocycles. The van der Waals surface area contributed by atoms with E-state index in [1.807, 2.05) is 12.1 Å². The highest BCUT2D eigenvalue weighted by Gasteiger charge is 2.40. The zero-order valence-electron chi connectivity index (χ0n) is 13.6. The fourth-order valence-corrected chi connectivity index (χ4v) is 2.49. The molecule has 1 aromatic carbocycles. The Balaban J connectivity index is 2.46. The van der Waals surface area contributed by atoms with Crippen LogP contribution in [0.3, 0.4) is 0 Å². The van der Waals surface area contributed by atoms with E-state index in [0.29, 0.717) is 5.88 Å². The molecule has 0 amide bonds. The van der Waals surface area contributed by atoms with Gasteiger partial charge in [0.05, 0.1) is 7.11 Å². The molecule has 0 saturated carbocycles. The van der Waals surface area contributed by atoms with Crippen LogP contribution in [-0.4, -0.2) is 17.2 Å². The van der Waals surface area contributed by atoms with E-state index < -0.39 is 5.82 Å². The lowest BCUT2D eigenvalue weighted by Gasteiger charge is -2.42. The number of rotatable bonds is 4. The van der Waals surface area contributed by atoms with Crippen LogP contribution in [0.2, 0.25) is 0 Å². The minimum atomic E-state index is -0.603. The number of pyridine rings is 1. The maximum atomic E-state index is 13.7. The van der Waals surface area contributed by atoms with E-state index in [9.17, 15) is 9.50 Å². The fourth-order valence-electron chi connectivity index (χ4n) is 2.49. The summed E-state index contributed by atoms with van der Waals surface area (Å²) in [5.41, 5.74) is 1.20. The number of methoxy groups -OCH3 is 1. The van der Waals surface area contributed by atoms with Gasteiger partial charge >= 0.3 is 0 Å². The predicted octanol–water partition coefficient (Wildman–Crippen LogP) is 4.19. The molecule has 3 nitrogen and oxygen atoms in total. The van der Waals surface area contributed by atoms with Crippen molar-refractivity contribution in [1.82, 2.24) is 4.98 Å². The van der Waals surface area contributed by atoms with Gasteiger partial charge in [0.1, 0.15) is 0 Å². The molecule has 0 radical (unpaired) electrons. The smallest absolute Gasteiger partial charge is 0.212 e. The highest BCUT2D eigenvalue weighted by Crippen LogP contribution is 2.44. The number of hydrogen-bond acceptors (Lipinski definition) is 3. The van der Waals surface area contributed by atoms with Crippen LogP contribution in [-0.2, 0) is 10.8 Å². The van der Waals surface area contributed by atoms with Gasteiger partial charge in [-0.3, -0.25) is 0 Å². The second-order valence-electron chi connectivity index (χ2n) is 6.51. The van der Waals surface area contributed by atoms with Gasteiger partial charge in [-0.2, -0.15) is 0 Å². The second-order valence-corrected chi connectivity index (χ2v) is 6.51. The van der Waals surface area contributed by atoms with E-state index in [-0.39, 0.29) is 16.6 Å². The first-order valence-electron chi connectivity index (χ1n) is 7.19. The number of hydrogen-bond donors (Lipinski definition) is 1. The maximum Gasteiger partial charge on any atom is 0.212 e. The molecule has 0 atom stereocenters. The van der Waals surface area contributed by atoms with Crippen LogP contribution in [0.25, 0.3) is 0 Å². The number of aromatic nitrogens is 1. The second kappa shape index (κ2) is 5.59. The Hall–Kier alpha value is -2.10. The summed E-state index contributed by atoms with van der Waals surface area (Å²) in [5.74, 6) is -0.370. The summed E-state index contributed by atoms with van der Waals surface area (Å²) in [6.07, 6.45) is 1.79. The Bertz CT molecular complexity index is 663. The van der Waals surface area contributed by atoms with Gasteiger partial charge in [-0.25, -0.2) is 9.37 Å². The Morgan fingerprint density at radius 3 is 2.09 bits per heavy atom. The first-order valence-corrected chi connectivity index (χ1v) is 7.19. The van der Waals surface area contributed by atoms with Gasteiger partial charge in [0, 0.05) is 17.7 Å². The van der Waals surface area contributed by atoms with E-state index in [4.69, 9.17) is 4.74 Å². The Morgan fingerprint density at radius 1 is 1.00 bits per heavy atom. The van der Waals surface area contributed by atoms with Gasteiger partial charge in [0.2, 0.25) is 5.88 Å². The molecule has 0 spiro atoms. The number of halogens is 1. The molecular weight excluding hydrogens is 281 g/mol. The number of nitrogens with zero attached hydrogens (tertiary/aromatic N) is 1. The maximum absolute atomic E-state index is 13.7. The van der Waals surface area contributed by atoms with Crippen molar-refractivity contribution in [2.24, 2.45) is 0 Å². The number of phenols is 1. The predicted molar refractivity (Wildman–Crippen MR) is 84.9 cm³/mol. The van der Waals surface area contributed by atoms with Crippen molar-refractivity contribution in [1.29, 1.82) is 0 Å². The molecule has 0 fully saturated rings. The molecule has 0 bridgehead atoms. The fraction of sp³-hybridized carbons (Fsp3) is 0.389. The third-order valence-electron chi connectivity index (χ3n) is 4.90. The lowest BCUT2D eigenvalue weighted by Crippen LogP contribution is -2.40. The van der Waals surface area contributed by atoms with Crippen molar-refractivity contribution in [3.8, 4) is 11.6 Å². The summed E-state index contributed by atoms with van der Waals surface area (Å²) in [7, 11) is 1.58. The molecule has 2 rings (SSSR count). The molecule has 0 saturated heterocycles. The standard InChI is InChI=1S/C18H22FNO2/c1-17(2,12-6-8-15(21)14(19)10-12)18(3,4)13-7-9-16(22-5)20-11-13/h6-11,21H,1-5H3. The van der Waals surface area contributed by atoms with Crippen LogP contribution in [0.4, 0.5) is 4.39 Å². The van der Waals surface area contributed by atoms with Crippen molar-refractivity contribution in [3.05, 3.63) is 53.5 Å². The zero-order valence-corrected chi connectivity index (χ0v) is 13.6. The molecular formula is C18H22FNO2. The SMILES string of the molecule is COc1ccc(C(C)(C)C(C)(C)c2ccc(O)c(F)c2)cn1. The molecule has 22 heavy (non-hydrogen) atoms. The van der Waals surface area contributed by atoms with Gasteiger partial charge in [-0.05, 0) is 28.7 Å². The summed E-state index contributed by atoms with van der Waals surface area (Å²) in [4.78, 5) is 4.27. The molecule has 1 N–H and O–H groups in total. The van der Waals surface area contributed by atoms with Gasteiger partial charge in [0.25, 0.3) is 0 Å². The zero-order chi connectivity index (χ0) is 16.5. The van der Waals surface area contributed by atoms with Crippen LogP contribution < -0.4 is 4.74 Å². The van der Waals surface area contributed by atoms with Crippen molar-refractivity contribution < 1.29 is 14.2 Å². The quantitative estimate of drug-likeness (QED) is 0.921. The lowest BCUT2D eigenvalue weighted by molar-refractivity contribution is 0.299. The molecule has 0 aliphatic carbocycles. The highest BCUT2D eigenvalue weighted by molar-refractivity contribution is 5.39. The number of benzene rings is 1. The van der Waals surface area contributed by atoms with Crippen LogP contribution in [0, 0.1) is 5.82 Å². The minimum absolute atomic E-state index is 0.296. The van der Waals surface area contributed by atoms with Crippen LogP contribution in [0.5, 0.6) is 11.6 Å².